The summed E-state index contributed by atoms with van der Waals surface area (Å²) in [5.74, 6) is -0.0993. The van der Waals surface area contributed by atoms with Gasteiger partial charge < -0.3 is 20.3 Å². The molecular formula is C23H21N3O6. The third kappa shape index (κ3) is 4.29. The Morgan fingerprint density at radius 3 is 2.34 bits per heavy atom. The fourth-order valence-corrected chi connectivity index (χ4v) is 3.86. The predicted octanol–water partition coefficient (Wildman–Crippen LogP) is 2.92. The molecule has 1 heterocycles. The lowest BCUT2D eigenvalue weighted by Crippen LogP contribution is -2.36. The molecule has 0 saturated heterocycles. The SMILES string of the molecule is O=C(NCC(O)C(O)c1cc([N+](=O)[O-])ccn1)OCC1c2ccccc2-c2ccccc21. The van der Waals surface area contributed by atoms with Gasteiger partial charge in [-0.15, -0.1) is 0 Å². The maximum Gasteiger partial charge on any atom is 0.407 e. The second kappa shape index (κ2) is 9.13. The molecule has 2 atom stereocenters. The number of aliphatic hydroxyl groups excluding tert-OH is 2. The van der Waals surface area contributed by atoms with Gasteiger partial charge in [0.25, 0.3) is 5.69 Å². The van der Waals surface area contributed by atoms with E-state index < -0.39 is 23.2 Å². The summed E-state index contributed by atoms with van der Waals surface area (Å²) in [4.78, 5) is 26.3. The molecule has 0 aliphatic heterocycles. The van der Waals surface area contributed by atoms with E-state index in [-0.39, 0.29) is 30.5 Å². The Balaban J connectivity index is 1.34. The number of benzene rings is 2. The first-order chi connectivity index (χ1) is 15.5. The molecular weight excluding hydrogens is 414 g/mol. The zero-order valence-corrected chi connectivity index (χ0v) is 16.9. The number of fused-ring (bicyclic) bond motifs is 3. The number of alkyl carbamates (subject to hydrolysis) is 1. The summed E-state index contributed by atoms with van der Waals surface area (Å²) in [5.41, 5.74) is 4.05. The number of carbonyl (C=O) groups excluding carboxylic acids is 1. The molecule has 0 bridgehead atoms. The number of nitrogens with zero attached hydrogens (tertiary/aromatic N) is 2. The number of aromatic nitrogens is 1. The standard InChI is InChI=1S/C23H21N3O6/c27-21(22(28)20-11-14(26(30)31)9-10-24-20)12-25-23(29)32-13-19-17-7-3-1-5-15(17)16-6-2-4-8-18(16)19/h1-11,19,21-22,27-28H,12-13H2,(H,25,29). The molecule has 1 aliphatic rings. The van der Waals surface area contributed by atoms with Crippen LogP contribution < -0.4 is 5.32 Å². The van der Waals surface area contributed by atoms with Crippen molar-refractivity contribution < 1.29 is 24.7 Å². The van der Waals surface area contributed by atoms with Crippen molar-refractivity contribution in [3.05, 3.63) is 93.8 Å². The number of hydrogen-bond donors (Lipinski definition) is 3. The van der Waals surface area contributed by atoms with E-state index in [0.717, 1.165) is 28.3 Å². The van der Waals surface area contributed by atoms with E-state index in [4.69, 9.17) is 4.74 Å². The maximum absolute atomic E-state index is 12.2. The highest BCUT2D eigenvalue weighted by Crippen LogP contribution is 2.44. The summed E-state index contributed by atoms with van der Waals surface area (Å²) < 4.78 is 5.38. The molecule has 32 heavy (non-hydrogen) atoms. The lowest BCUT2D eigenvalue weighted by atomic mass is 9.98. The summed E-state index contributed by atoms with van der Waals surface area (Å²) in [7, 11) is 0. The van der Waals surface area contributed by atoms with Crippen LogP contribution in [0.5, 0.6) is 0 Å². The summed E-state index contributed by atoms with van der Waals surface area (Å²) in [6, 6.07) is 18.2. The molecule has 9 heteroatoms. The molecule has 4 rings (SSSR count). The molecule has 164 valence electrons. The molecule has 2 unspecified atom stereocenters. The fraction of sp³-hybridized carbons (Fsp3) is 0.217. The van der Waals surface area contributed by atoms with Gasteiger partial charge in [0.1, 0.15) is 18.8 Å². The summed E-state index contributed by atoms with van der Waals surface area (Å²) in [6.45, 7) is -0.201. The molecule has 0 saturated carbocycles. The Bertz CT molecular complexity index is 1110. The van der Waals surface area contributed by atoms with Gasteiger partial charge in [-0.1, -0.05) is 48.5 Å². The third-order valence-corrected chi connectivity index (χ3v) is 5.44. The van der Waals surface area contributed by atoms with Crippen LogP contribution in [0.1, 0.15) is 28.8 Å². The number of nitrogens with one attached hydrogen (secondary N) is 1. The summed E-state index contributed by atoms with van der Waals surface area (Å²) in [5, 5.41) is 33.6. The molecule has 1 aromatic heterocycles. The van der Waals surface area contributed by atoms with Crippen LogP contribution in [0.15, 0.2) is 66.9 Å². The van der Waals surface area contributed by atoms with E-state index in [1.807, 2.05) is 48.5 Å². The van der Waals surface area contributed by atoms with Gasteiger partial charge in [-0.3, -0.25) is 15.1 Å². The minimum atomic E-state index is -1.51. The second-order valence-electron chi connectivity index (χ2n) is 7.41. The zero-order valence-electron chi connectivity index (χ0n) is 16.9. The van der Waals surface area contributed by atoms with E-state index in [0.29, 0.717) is 0 Å². The van der Waals surface area contributed by atoms with Crippen LogP contribution in [0.4, 0.5) is 10.5 Å². The Hall–Kier alpha value is -3.82. The largest absolute Gasteiger partial charge is 0.449 e. The smallest absolute Gasteiger partial charge is 0.407 e. The van der Waals surface area contributed by atoms with Crippen molar-refractivity contribution in [1.82, 2.24) is 10.3 Å². The number of pyridine rings is 1. The average Bonchev–Trinajstić information content (AvgIpc) is 3.14. The first kappa shape index (κ1) is 21.4. The van der Waals surface area contributed by atoms with Gasteiger partial charge in [-0.25, -0.2) is 4.79 Å². The molecule has 0 radical (unpaired) electrons. The first-order valence-electron chi connectivity index (χ1n) is 10.0. The van der Waals surface area contributed by atoms with E-state index >= 15 is 0 Å². The van der Waals surface area contributed by atoms with E-state index in [1.165, 1.54) is 12.3 Å². The van der Waals surface area contributed by atoms with Gasteiger partial charge in [-0.2, -0.15) is 0 Å². The second-order valence-corrected chi connectivity index (χ2v) is 7.41. The van der Waals surface area contributed by atoms with E-state index in [2.05, 4.69) is 10.3 Å². The van der Waals surface area contributed by atoms with Gasteiger partial charge in [-0.05, 0) is 22.3 Å². The van der Waals surface area contributed by atoms with E-state index in [9.17, 15) is 25.1 Å². The number of amides is 1. The van der Waals surface area contributed by atoms with Crippen LogP contribution in [-0.2, 0) is 4.74 Å². The zero-order chi connectivity index (χ0) is 22.7. The van der Waals surface area contributed by atoms with Gasteiger partial charge in [0.15, 0.2) is 0 Å². The van der Waals surface area contributed by atoms with Crippen molar-refractivity contribution >= 4 is 11.8 Å². The van der Waals surface area contributed by atoms with Crippen molar-refractivity contribution in [3.8, 4) is 11.1 Å². The van der Waals surface area contributed by atoms with Crippen LogP contribution in [0.25, 0.3) is 11.1 Å². The van der Waals surface area contributed by atoms with Crippen LogP contribution in [-0.4, -0.2) is 45.5 Å². The molecule has 3 N–H and O–H groups in total. The van der Waals surface area contributed by atoms with Gasteiger partial charge in [0.05, 0.1) is 10.6 Å². The fourth-order valence-electron chi connectivity index (χ4n) is 3.86. The van der Waals surface area contributed by atoms with Crippen molar-refractivity contribution in [1.29, 1.82) is 0 Å². The Labute approximate surface area is 183 Å². The van der Waals surface area contributed by atoms with Gasteiger partial charge >= 0.3 is 6.09 Å². The van der Waals surface area contributed by atoms with Crippen LogP contribution in [0.3, 0.4) is 0 Å². The predicted molar refractivity (Wildman–Crippen MR) is 115 cm³/mol. The van der Waals surface area contributed by atoms with Crippen LogP contribution >= 0.6 is 0 Å². The third-order valence-electron chi connectivity index (χ3n) is 5.44. The lowest BCUT2D eigenvalue weighted by molar-refractivity contribution is -0.385. The van der Waals surface area contributed by atoms with Crippen molar-refractivity contribution in [3.63, 3.8) is 0 Å². The number of ether oxygens (including phenoxy) is 1. The van der Waals surface area contributed by atoms with Gasteiger partial charge in [0.2, 0.25) is 0 Å². The van der Waals surface area contributed by atoms with Crippen LogP contribution in [0.2, 0.25) is 0 Å². The average molecular weight is 435 g/mol. The number of hydrogen-bond acceptors (Lipinski definition) is 7. The highest BCUT2D eigenvalue weighted by Gasteiger charge is 2.29. The van der Waals surface area contributed by atoms with Crippen molar-refractivity contribution in [2.24, 2.45) is 0 Å². The van der Waals surface area contributed by atoms with E-state index in [1.54, 1.807) is 0 Å². The van der Waals surface area contributed by atoms with Crippen molar-refractivity contribution in [2.75, 3.05) is 13.2 Å². The van der Waals surface area contributed by atoms with Crippen LogP contribution in [0, 0.1) is 10.1 Å². The topological polar surface area (TPSA) is 135 Å². The minimum absolute atomic E-state index is 0.0685. The lowest BCUT2D eigenvalue weighted by Gasteiger charge is -2.18. The number of aliphatic hydroxyl groups is 2. The summed E-state index contributed by atoms with van der Waals surface area (Å²) >= 11 is 0. The monoisotopic (exact) mass is 435 g/mol. The maximum atomic E-state index is 12.2. The minimum Gasteiger partial charge on any atom is -0.449 e. The Morgan fingerprint density at radius 2 is 1.72 bits per heavy atom. The number of nitro groups is 1. The molecule has 9 nitrogen and oxygen atoms in total. The van der Waals surface area contributed by atoms with Gasteiger partial charge in [0, 0.05) is 30.8 Å². The molecule has 0 spiro atoms. The highest BCUT2D eigenvalue weighted by molar-refractivity contribution is 5.79. The number of rotatable bonds is 7. The number of carbonyl (C=O) groups is 1. The first-order valence-corrected chi connectivity index (χ1v) is 10.0. The molecule has 1 aliphatic carbocycles. The summed E-state index contributed by atoms with van der Waals surface area (Å²) in [6.07, 6.45) is -2.51. The molecule has 2 aromatic carbocycles. The quantitative estimate of drug-likeness (QED) is 0.384. The molecule has 1 amide bonds. The van der Waals surface area contributed by atoms with Crippen molar-refractivity contribution in [2.45, 2.75) is 18.1 Å². The molecule has 0 fully saturated rings. The highest BCUT2D eigenvalue weighted by atomic mass is 16.6. The Kier molecular flexibility index (Phi) is 6.11. The normalized spacial score (nSPS) is 14.2. The Morgan fingerprint density at radius 1 is 1.09 bits per heavy atom. The molecule has 3 aromatic rings.